The predicted octanol–water partition coefficient (Wildman–Crippen LogP) is 6.19. The highest BCUT2D eigenvalue weighted by Gasteiger charge is 2.31. The van der Waals surface area contributed by atoms with Crippen LogP contribution in [-0.4, -0.2) is 22.0 Å². The summed E-state index contributed by atoms with van der Waals surface area (Å²) in [6, 6.07) is 19.4. The molecule has 3 aromatic carbocycles. The minimum absolute atomic E-state index is 0.126. The van der Waals surface area contributed by atoms with Crippen LogP contribution in [0.2, 0.25) is 0 Å². The number of fused-ring (bicyclic) bond motifs is 1. The Morgan fingerprint density at radius 2 is 1.62 bits per heavy atom. The van der Waals surface area contributed by atoms with Crippen LogP contribution < -0.4 is 4.74 Å². The van der Waals surface area contributed by atoms with Gasteiger partial charge in [0, 0.05) is 23.6 Å². The predicted molar refractivity (Wildman–Crippen MR) is 116 cm³/mol. The Morgan fingerprint density at radius 1 is 0.969 bits per heavy atom. The molecular formula is C25H20F3NO3. The summed E-state index contributed by atoms with van der Waals surface area (Å²) in [5.41, 5.74) is 5.30. The van der Waals surface area contributed by atoms with Crippen molar-refractivity contribution in [1.29, 1.82) is 0 Å². The van der Waals surface area contributed by atoms with E-state index >= 15 is 0 Å². The van der Waals surface area contributed by atoms with Crippen molar-refractivity contribution >= 4 is 16.9 Å². The molecule has 1 aromatic heterocycles. The van der Waals surface area contributed by atoms with Crippen molar-refractivity contribution in [2.24, 2.45) is 0 Å². The van der Waals surface area contributed by atoms with Gasteiger partial charge in [-0.3, -0.25) is 4.79 Å². The fourth-order valence-corrected chi connectivity index (χ4v) is 3.72. The first-order valence-electron chi connectivity index (χ1n) is 9.93. The number of hydrogen-bond donors (Lipinski definition) is 1. The maximum Gasteiger partial charge on any atom is 0.573 e. The molecule has 0 radical (unpaired) electrons. The highest BCUT2D eigenvalue weighted by molar-refractivity contribution is 5.91. The SMILES string of the molecule is Cc1ccc(Cn2cc(CC(=O)O)c3cc(-c4ccc(OC(F)(F)F)cc4)ccc32)cc1. The minimum atomic E-state index is -4.74. The average molecular weight is 439 g/mol. The number of hydrogen-bond acceptors (Lipinski definition) is 2. The van der Waals surface area contributed by atoms with Gasteiger partial charge in [-0.25, -0.2) is 0 Å². The number of nitrogens with zero attached hydrogens (tertiary/aromatic N) is 1. The lowest BCUT2D eigenvalue weighted by Gasteiger charge is -2.10. The van der Waals surface area contributed by atoms with Crippen molar-refractivity contribution in [2.75, 3.05) is 0 Å². The molecular weight excluding hydrogens is 419 g/mol. The van der Waals surface area contributed by atoms with Crippen LogP contribution in [0, 0.1) is 6.92 Å². The third-order valence-corrected chi connectivity index (χ3v) is 5.20. The van der Waals surface area contributed by atoms with Crippen LogP contribution in [0.15, 0.2) is 72.9 Å². The molecule has 0 saturated carbocycles. The summed E-state index contributed by atoms with van der Waals surface area (Å²) in [4.78, 5) is 11.4. The van der Waals surface area contributed by atoms with Crippen LogP contribution in [0.5, 0.6) is 5.75 Å². The van der Waals surface area contributed by atoms with E-state index in [1.54, 1.807) is 12.1 Å². The molecule has 0 aliphatic heterocycles. The number of alkyl halides is 3. The number of aromatic nitrogens is 1. The van der Waals surface area contributed by atoms with Crippen LogP contribution in [0.4, 0.5) is 13.2 Å². The molecule has 164 valence electrons. The summed E-state index contributed by atoms with van der Waals surface area (Å²) in [6.07, 6.45) is -3.02. The number of rotatable bonds is 6. The van der Waals surface area contributed by atoms with Gasteiger partial charge >= 0.3 is 12.3 Å². The number of ether oxygens (including phenoxy) is 1. The number of carboxylic acids is 1. The van der Waals surface area contributed by atoms with Crippen LogP contribution >= 0.6 is 0 Å². The van der Waals surface area contributed by atoms with Crippen molar-refractivity contribution in [3.63, 3.8) is 0 Å². The number of aryl methyl sites for hydroxylation is 1. The molecule has 0 amide bonds. The third kappa shape index (κ3) is 4.94. The van der Waals surface area contributed by atoms with Gasteiger partial charge in [-0.15, -0.1) is 13.2 Å². The van der Waals surface area contributed by atoms with Crippen molar-refractivity contribution in [3.8, 4) is 16.9 Å². The number of aliphatic carboxylic acids is 1. The van der Waals surface area contributed by atoms with Gasteiger partial charge in [0.1, 0.15) is 5.75 Å². The van der Waals surface area contributed by atoms with E-state index in [9.17, 15) is 23.1 Å². The number of carbonyl (C=O) groups is 1. The maximum atomic E-state index is 12.4. The fourth-order valence-electron chi connectivity index (χ4n) is 3.72. The van der Waals surface area contributed by atoms with E-state index < -0.39 is 12.3 Å². The van der Waals surface area contributed by atoms with E-state index in [2.05, 4.69) is 4.74 Å². The van der Waals surface area contributed by atoms with Crippen molar-refractivity contribution in [2.45, 2.75) is 26.3 Å². The van der Waals surface area contributed by atoms with Crippen LogP contribution in [0.1, 0.15) is 16.7 Å². The van der Waals surface area contributed by atoms with Crippen molar-refractivity contribution < 1.29 is 27.8 Å². The highest BCUT2D eigenvalue weighted by atomic mass is 19.4. The second-order valence-corrected chi connectivity index (χ2v) is 7.64. The van der Waals surface area contributed by atoms with E-state index in [1.165, 1.54) is 12.1 Å². The topological polar surface area (TPSA) is 51.5 Å². The summed E-state index contributed by atoms with van der Waals surface area (Å²) in [5, 5.41) is 10.1. The van der Waals surface area contributed by atoms with Gasteiger partial charge in [-0.05, 0) is 53.4 Å². The smallest absolute Gasteiger partial charge is 0.481 e. The molecule has 0 aliphatic rings. The van der Waals surface area contributed by atoms with E-state index in [0.717, 1.165) is 27.6 Å². The Balaban J connectivity index is 1.70. The van der Waals surface area contributed by atoms with Crippen LogP contribution in [-0.2, 0) is 17.8 Å². The first-order valence-corrected chi connectivity index (χ1v) is 9.93. The van der Waals surface area contributed by atoms with E-state index in [-0.39, 0.29) is 12.2 Å². The molecule has 4 nitrogen and oxygen atoms in total. The monoisotopic (exact) mass is 439 g/mol. The van der Waals surface area contributed by atoms with E-state index in [4.69, 9.17) is 0 Å². The van der Waals surface area contributed by atoms with Crippen LogP contribution in [0.25, 0.3) is 22.0 Å². The van der Waals surface area contributed by atoms with E-state index in [1.807, 2.05) is 60.2 Å². The molecule has 0 aliphatic carbocycles. The normalized spacial score (nSPS) is 11.6. The number of halogens is 3. The lowest BCUT2D eigenvalue weighted by atomic mass is 10.0. The molecule has 32 heavy (non-hydrogen) atoms. The summed E-state index contributed by atoms with van der Waals surface area (Å²) >= 11 is 0. The Morgan fingerprint density at radius 3 is 2.25 bits per heavy atom. The number of benzene rings is 3. The van der Waals surface area contributed by atoms with E-state index in [0.29, 0.717) is 17.7 Å². The van der Waals surface area contributed by atoms with Crippen molar-refractivity contribution in [1.82, 2.24) is 4.57 Å². The van der Waals surface area contributed by atoms with Gasteiger partial charge in [-0.2, -0.15) is 0 Å². The second kappa shape index (κ2) is 8.42. The Labute approximate surface area is 182 Å². The van der Waals surface area contributed by atoms with Gasteiger partial charge in [0.2, 0.25) is 0 Å². The molecule has 0 saturated heterocycles. The molecule has 0 unspecified atom stereocenters. The van der Waals surface area contributed by atoms with Gasteiger partial charge in [0.15, 0.2) is 0 Å². The zero-order valence-electron chi connectivity index (χ0n) is 17.2. The molecule has 0 atom stereocenters. The molecule has 4 aromatic rings. The van der Waals surface area contributed by atoms with Gasteiger partial charge in [0.25, 0.3) is 0 Å². The zero-order valence-corrected chi connectivity index (χ0v) is 17.2. The molecule has 7 heteroatoms. The van der Waals surface area contributed by atoms with Gasteiger partial charge in [0.05, 0.1) is 6.42 Å². The summed E-state index contributed by atoms with van der Waals surface area (Å²) in [6.45, 7) is 2.61. The molecule has 0 fully saturated rings. The minimum Gasteiger partial charge on any atom is -0.481 e. The summed E-state index contributed by atoms with van der Waals surface area (Å²) in [7, 11) is 0. The maximum absolute atomic E-state index is 12.4. The lowest BCUT2D eigenvalue weighted by molar-refractivity contribution is -0.274. The Bertz CT molecular complexity index is 1260. The molecule has 1 N–H and O–H groups in total. The fraction of sp³-hybridized carbons (Fsp3) is 0.160. The largest absolute Gasteiger partial charge is 0.573 e. The highest BCUT2D eigenvalue weighted by Crippen LogP contribution is 2.31. The quantitative estimate of drug-likeness (QED) is 0.390. The molecule has 4 rings (SSSR count). The van der Waals surface area contributed by atoms with Gasteiger partial charge in [-0.1, -0.05) is 48.0 Å². The average Bonchev–Trinajstić information content (AvgIpc) is 3.05. The summed E-state index contributed by atoms with van der Waals surface area (Å²) < 4.78 is 43.1. The third-order valence-electron chi connectivity index (χ3n) is 5.20. The number of carboxylic acid groups (broad SMARTS) is 1. The van der Waals surface area contributed by atoms with Crippen molar-refractivity contribution in [3.05, 3.63) is 89.6 Å². The molecule has 0 spiro atoms. The zero-order chi connectivity index (χ0) is 22.9. The summed E-state index contributed by atoms with van der Waals surface area (Å²) in [5.74, 6) is -1.23. The Kier molecular flexibility index (Phi) is 5.65. The Hall–Kier alpha value is -3.74. The van der Waals surface area contributed by atoms with Gasteiger partial charge < -0.3 is 14.4 Å². The first kappa shape index (κ1) is 21.5. The van der Waals surface area contributed by atoms with Crippen LogP contribution in [0.3, 0.4) is 0 Å². The second-order valence-electron chi connectivity index (χ2n) is 7.64. The molecule has 1 heterocycles. The molecule has 0 bridgehead atoms. The first-order chi connectivity index (χ1) is 15.2. The lowest BCUT2D eigenvalue weighted by Crippen LogP contribution is -2.16. The standard InChI is InChI=1S/C25H20F3NO3/c1-16-2-4-17(5-3-16)14-29-15-20(13-24(30)31)22-12-19(8-11-23(22)29)18-6-9-21(10-7-18)32-25(26,27)28/h2-12,15H,13-14H2,1H3,(H,30,31).